The molecule has 13 heteroatoms. The molecule has 5 aromatic rings. The number of rotatable bonds is 21. The number of Topliss-reactive ketones (excluding diaryl/α,β-unsaturated/α-hetero) is 1. The van der Waals surface area contributed by atoms with Crippen molar-refractivity contribution >= 4 is 181 Å². The Labute approximate surface area is 691 Å². The number of anilines is 1. The van der Waals surface area contributed by atoms with Crippen molar-refractivity contribution in [1.29, 1.82) is 0 Å². The quantitative estimate of drug-likeness (QED) is 0.0189. The number of hydrogen-bond acceptors (Lipinski definition) is 7. The van der Waals surface area contributed by atoms with Crippen molar-refractivity contribution in [2.45, 2.75) is 109 Å². The fourth-order valence-electron chi connectivity index (χ4n) is 13.3. The lowest BCUT2D eigenvalue weighted by Crippen LogP contribution is -2.03. The van der Waals surface area contributed by atoms with Crippen LogP contribution < -0.4 is 5.73 Å². The molecular formula is C91H91I5N2O5S. The average molecular weight is 1960 g/mol. The first-order chi connectivity index (χ1) is 50.7. The number of aromatic carboxylic acids is 1. The molecule has 0 amide bonds. The molecule has 0 aliphatic heterocycles. The van der Waals surface area contributed by atoms with E-state index in [-0.39, 0.29) is 12.4 Å². The fraction of sp³-hybridized carbons (Fsp3) is 0.198. The summed E-state index contributed by atoms with van der Waals surface area (Å²) in [5, 5.41) is 29.7. The molecule has 7 nitrogen and oxygen atoms in total. The number of aliphatic hydroxyl groups is 1. The van der Waals surface area contributed by atoms with Crippen molar-refractivity contribution in [2.24, 2.45) is 4.99 Å². The average Bonchev–Trinajstić information content (AvgIpc) is 0.833. The zero-order valence-electron chi connectivity index (χ0n) is 58.8. The number of hydrogen-bond donors (Lipinski definition) is 4. The standard InChI is InChI=1S/C21H23IO2.C18H16INS.C18H17IO2.C17H18IN.C17H17IO/c1-2-5-17-6-3-7-18(13-14-22)21(17)19-11-9-16(10-12-19)20(24)8-4-15-23;1-2-4-14-5-3-6-15(11-12-19)18(14)16-7-9-17(10-8-16)20-13-21;1-2-4-13-5-3-6-14(11-12-19)17(13)15-7-9-16(10-8-15)18(20)21;2*1-2-4-13-5-3-6-14(11-12-18)17(13)15-7-9-16(19)10-8-15/h2,5,9-14,23H,1,3-4,6-8,15H2;2,4,7-12H,1,3,5-6H2;2,4,7-12H,1,3,5-6H2,(H,20,21);2,4,7-12H,1,3,5-6,19H2;2,4,7-12,19H,1,3,5-6H2/b14-13+,17-5+;12-11+,14-4+;3*12-11+,13-4+. The third kappa shape index (κ3) is 26.5. The summed E-state index contributed by atoms with van der Waals surface area (Å²) in [6.07, 6.45) is 48.3. The van der Waals surface area contributed by atoms with Crippen LogP contribution >= 0.6 is 125 Å². The summed E-state index contributed by atoms with van der Waals surface area (Å²) in [5.41, 5.74) is 34.1. The van der Waals surface area contributed by atoms with Gasteiger partial charge in [0, 0.05) is 24.3 Å². The van der Waals surface area contributed by atoms with Gasteiger partial charge in [-0.25, -0.2) is 4.79 Å². The zero-order chi connectivity index (χ0) is 75.0. The van der Waals surface area contributed by atoms with Crippen molar-refractivity contribution in [3.8, 4) is 5.75 Å². The Morgan fingerprint density at radius 1 is 0.423 bits per heavy atom. The molecule has 5 aliphatic carbocycles. The van der Waals surface area contributed by atoms with Crippen LogP contribution in [0.3, 0.4) is 0 Å². The van der Waals surface area contributed by atoms with Gasteiger partial charge in [0.05, 0.1) is 16.4 Å². The van der Waals surface area contributed by atoms with Gasteiger partial charge in [0.15, 0.2) is 5.78 Å². The van der Waals surface area contributed by atoms with Crippen LogP contribution in [0.5, 0.6) is 5.75 Å². The molecular weight excluding hydrogens is 1870 g/mol. The lowest BCUT2D eigenvalue weighted by molar-refractivity contribution is 0.0696. The highest BCUT2D eigenvalue weighted by molar-refractivity contribution is 14.1. The largest absolute Gasteiger partial charge is 0.508 e. The Morgan fingerprint density at radius 2 is 0.692 bits per heavy atom. The highest BCUT2D eigenvalue weighted by atomic mass is 127. The van der Waals surface area contributed by atoms with Crippen molar-refractivity contribution in [1.82, 2.24) is 0 Å². The number of isothiocyanates is 1. The Kier molecular flexibility index (Phi) is 39.9. The van der Waals surface area contributed by atoms with Gasteiger partial charge in [-0.05, 0) is 295 Å². The minimum absolute atomic E-state index is 0.0540. The van der Waals surface area contributed by atoms with Gasteiger partial charge < -0.3 is 21.1 Å². The maximum absolute atomic E-state index is 12.1. The molecule has 104 heavy (non-hydrogen) atoms. The lowest BCUT2D eigenvalue weighted by atomic mass is 9.83. The number of nitrogens with two attached hydrogens (primary N) is 1. The second kappa shape index (κ2) is 48.3. The molecule has 0 unspecified atom stereocenters. The summed E-state index contributed by atoms with van der Waals surface area (Å²) in [6.45, 7) is 19.2. The maximum atomic E-state index is 12.1. The molecule has 0 saturated heterocycles. The number of carboxylic acid groups (broad SMARTS) is 1. The normalized spacial score (nSPS) is 17.5. The molecule has 5 aromatic carbocycles. The van der Waals surface area contributed by atoms with Gasteiger partial charge in [0.1, 0.15) is 5.75 Å². The van der Waals surface area contributed by atoms with Crippen LogP contribution in [0.25, 0.3) is 27.9 Å². The number of thiocarbonyl (C=S) groups is 1. The smallest absolute Gasteiger partial charge is 0.335 e. The van der Waals surface area contributed by atoms with Gasteiger partial charge in [-0.1, -0.05) is 310 Å². The molecule has 0 radical (unpaired) electrons. The minimum atomic E-state index is -0.895. The van der Waals surface area contributed by atoms with E-state index >= 15 is 0 Å². The Morgan fingerprint density at radius 3 is 0.952 bits per heavy atom. The predicted octanol–water partition coefficient (Wildman–Crippen LogP) is 28.1. The van der Waals surface area contributed by atoms with E-state index < -0.39 is 5.97 Å². The van der Waals surface area contributed by atoms with Crippen LogP contribution in [-0.4, -0.2) is 38.8 Å². The van der Waals surface area contributed by atoms with Crippen LogP contribution in [-0.2, 0) is 0 Å². The van der Waals surface area contributed by atoms with Gasteiger partial charge in [-0.3, -0.25) is 4.79 Å². The van der Waals surface area contributed by atoms with E-state index in [4.69, 9.17) is 15.9 Å². The van der Waals surface area contributed by atoms with Crippen molar-refractivity contribution in [3.63, 3.8) is 0 Å². The molecule has 0 spiro atoms. The molecule has 5 aliphatic rings. The first-order valence-corrected chi connectivity index (χ1v) is 41.3. The highest BCUT2D eigenvalue weighted by Gasteiger charge is 2.23. The Bertz CT molecular complexity index is 4170. The first-order valence-electron chi connectivity index (χ1n) is 34.7. The minimum Gasteiger partial charge on any atom is -0.508 e. The number of ketones is 1. The van der Waals surface area contributed by atoms with E-state index in [9.17, 15) is 14.7 Å². The Balaban J connectivity index is 0.000000204. The number of aliphatic hydroxyl groups excluding tert-OH is 1. The van der Waals surface area contributed by atoms with E-state index in [0.717, 1.165) is 105 Å². The summed E-state index contributed by atoms with van der Waals surface area (Å²) in [7, 11) is 0. The Hall–Kier alpha value is -6.95. The molecule has 10 rings (SSSR count). The number of aliphatic imine (C=N–C) groups is 1. The number of phenolic OH excluding ortho intramolecular Hbond substituents is 1. The summed E-state index contributed by atoms with van der Waals surface area (Å²) in [4.78, 5) is 27.0. The molecule has 0 aromatic heterocycles. The van der Waals surface area contributed by atoms with Gasteiger partial charge in [0.2, 0.25) is 0 Å². The SMILES string of the molecule is C=C/C=C1\CCCC(/C=C/I)=C1c1ccc(C(=O)CCCO)cc1.C=C/C=C1\CCCC(/C=C/I)=C1c1ccc(C(=O)O)cc1.C=C/C=C1\CCCC(/C=C/I)=C1c1ccc(N)cc1.C=C/C=C1\CCCC(/C=C/I)=C1c1ccc(N=C=S)cc1.C=C/C=C1\CCCC(/C=C/I)=C1c1ccc(O)cc1. The van der Waals surface area contributed by atoms with Gasteiger partial charge in [0.25, 0.3) is 0 Å². The molecule has 536 valence electrons. The van der Waals surface area contributed by atoms with Gasteiger partial charge in [-0.15, -0.1) is 0 Å². The molecule has 0 heterocycles. The van der Waals surface area contributed by atoms with E-state index in [1.165, 1.54) is 114 Å². The molecule has 5 N–H and O–H groups in total. The van der Waals surface area contributed by atoms with Gasteiger partial charge >= 0.3 is 5.97 Å². The second-order valence-electron chi connectivity index (χ2n) is 24.5. The fourth-order valence-corrected chi connectivity index (χ4v) is 15.5. The number of aromatic hydroxyl groups is 1. The number of nitrogen functional groups attached to an aromatic ring is 1. The van der Waals surface area contributed by atoms with E-state index in [1.54, 1.807) is 24.3 Å². The number of carbonyl (C=O) groups is 2. The number of carboxylic acids is 1. The first kappa shape index (κ1) is 86.0. The topological polar surface area (TPSA) is 133 Å². The number of allylic oxidation sites excluding steroid dienone is 30. The van der Waals surface area contributed by atoms with Crippen LogP contribution in [0.2, 0.25) is 0 Å². The van der Waals surface area contributed by atoms with Crippen LogP contribution in [0.4, 0.5) is 11.4 Å². The zero-order valence-corrected chi connectivity index (χ0v) is 70.4. The third-order valence-corrected chi connectivity index (χ3v) is 19.6. The van der Waals surface area contributed by atoms with E-state index in [2.05, 4.69) is 270 Å². The highest BCUT2D eigenvalue weighted by Crippen LogP contribution is 2.43. The third-order valence-electron chi connectivity index (χ3n) is 17.8. The van der Waals surface area contributed by atoms with E-state index in [1.807, 2.05) is 107 Å². The van der Waals surface area contributed by atoms with Crippen molar-refractivity contribution in [2.75, 3.05) is 12.3 Å². The molecule has 0 saturated carbocycles. The summed E-state index contributed by atoms with van der Waals surface area (Å²) >= 11 is 15.9. The summed E-state index contributed by atoms with van der Waals surface area (Å²) < 4.78 is 10.3. The summed E-state index contributed by atoms with van der Waals surface area (Å²) in [5.74, 6) is -0.503. The van der Waals surface area contributed by atoms with Crippen LogP contribution in [0.1, 0.15) is 158 Å². The molecule has 0 atom stereocenters. The van der Waals surface area contributed by atoms with Crippen LogP contribution in [0, 0.1) is 0 Å². The van der Waals surface area contributed by atoms with Gasteiger partial charge in [-0.2, -0.15) is 4.99 Å². The number of nitrogens with zero attached hydrogens (tertiary/aromatic N) is 1. The second-order valence-corrected chi connectivity index (χ2v) is 28.3. The lowest BCUT2D eigenvalue weighted by Gasteiger charge is -2.22. The number of benzene rings is 5. The number of carbonyl (C=O) groups excluding carboxylic acids is 1. The molecule has 0 fully saturated rings. The monoisotopic (exact) mass is 1960 g/mol. The van der Waals surface area contributed by atoms with E-state index in [0.29, 0.717) is 29.7 Å². The van der Waals surface area contributed by atoms with Crippen molar-refractivity contribution < 1.29 is 24.9 Å². The molecule has 0 bridgehead atoms. The van der Waals surface area contributed by atoms with Crippen molar-refractivity contribution in [3.05, 3.63) is 360 Å². The predicted molar refractivity (Wildman–Crippen MR) is 492 cm³/mol. The van der Waals surface area contributed by atoms with Crippen LogP contribution in [0.15, 0.2) is 326 Å². The maximum Gasteiger partial charge on any atom is 0.335 e. The summed E-state index contributed by atoms with van der Waals surface area (Å²) in [6, 6.07) is 38.7. The number of halogens is 5. The number of phenols is 1.